The van der Waals surface area contributed by atoms with Crippen LogP contribution in [0.4, 0.5) is 0 Å². The van der Waals surface area contributed by atoms with Crippen LogP contribution in [0.5, 0.6) is 0 Å². The fourth-order valence-electron chi connectivity index (χ4n) is 1.03. The van der Waals surface area contributed by atoms with Gasteiger partial charge in [0.2, 0.25) is 0 Å². The number of hydrogen-bond donors (Lipinski definition) is 0. The predicted molar refractivity (Wildman–Crippen MR) is 59.6 cm³/mol. The van der Waals surface area contributed by atoms with Crippen LogP contribution in [0.25, 0.3) is 0 Å². The molecule has 0 spiro atoms. The first kappa shape index (κ1) is 15.1. The molecule has 7 heteroatoms. The SMILES string of the molecule is CCN(CC)OC[SiH](OC(C)=O)OC(C)=O. The molecule has 0 saturated carbocycles. The Hall–Kier alpha value is -0.923. The zero-order chi connectivity index (χ0) is 12.6. The van der Waals surface area contributed by atoms with Crippen molar-refractivity contribution in [3.63, 3.8) is 0 Å². The molecule has 0 rings (SSSR count). The van der Waals surface area contributed by atoms with Crippen LogP contribution in [0.1, 0.15) is 27.7 Å². The topological polar surface area (TPSA) is 65.1 Å². The van der Waals surface area contributed by atoms with Crippen molar-refractivity contribution in [1.29, 1.82) is 0 Å². The number of hydroxylamine groups is 2. The van der Waals surface area contributed by atoms with Crippen molar-refractivity contribution in [2.75, 3.05) is 19.3 Å². The van der Waals surface area contributed by atoms with Crippen LogP contribution < -0.4 is 0 Å². The molecule has 0 aliphatic heterocycles. The molecule has 0 fully saturated rings. The lowest BCUT2D eigenvalue weighted by Crippen LogP contribution is -2.37. The Balaban J connectivity index is 4.09. The van der Waals surface area contributed by atoms with E-state index in [2.05, 4.69) is 0 Å². The Bertz CT molecular complexity index is 216. The van der Waals surface area contributed by atoms with Gasteiger partial charge in [0.15, 0.2) is 0 Å². The first-order valence-electron chi connectivity index (χ1n) is 5.21. The standard InChI is InChI=1S/C9H19NO5Si/c1-5-10(6-2)13-7-16(14-8(3)11)15-9(4)12/h16H,5-7H2,1-4H3. The van der Waals surface area contributed by atoms with E-state index >= 15 is 0 Å². The summed E-state index contributed by atoms with van der Waals surface area (Å²) in [5, 5.41) is 1.70. The largest absolute Gasteiger partial charge is 0.486 e. The van der Waals surface area contributed by atoms with Crippen LogP contribution in [-0.4, -0.2) is 45.6 Å². The molecule has 0 atom stereocenters. The van der Waals surface area contributed by atoms with Crippen molar-refractivity contribution in [2.45, 2.75) is 27.7 Å². The Morgan fingerprint density at radius 3 is 1.81 bits per heavy atom. The van der Waals surface area contributed by atoms with Crippen molar-refractivity contribution in [1.82, 2.24) is 5.06 Å². The van der Waals surface area contributed by atoms with Crippen molar-refractivity contribution in [3.8, 4) is 0 Å². The molecule has 0 aliphatic rings. The van der Waals surface area contributed by atoms with Crippen LogP contribution in [0, 0.1) is 0 Å². The molecule has 0 aromatic carbocycles. The maximum atomic E-state index is 10.8. The summed E-state index contributed by atoms with van der Waals surface area (Å²) in [6, 6.07) is 0. The van der Waals surface area contributed by atoms with Crippen molar-refractivity contribution >= 4 is 21.2 Å². The Morgan fingerprint density at radius 1 is 1.06 bits per heavy atom. The minimum atomic E-state index is -2.40. The lowest BCUT2D eigenvalue weighted by Gasteiger charge is -2.20. The molecule has 0 bridgehead atoms. The molecule has 0 heterocycles. The maximum absolute atomic E-state index is 10.8. The monoisotopic (exact) mass is 249 g/mol. The summed E-state index contributed by atoms with van der Waals surface area (Å²) >= 11 is 0. The van der Waals surface area contributed by atoms with Gasteiger partial charge in [-0.3, -0.25) is 14.4 Å². The van der Waals surface area contributed by atoms with E-state index in [1.54, 1.807) is 5.06 Å². The molecular weight excluding hydrogens is 230 g/mol. The third-order valence-corrected chi connectivity index (χ3v) is 3.30. The van der Waals surface area contributed by atoms with E-state index in [4.69, 9.17) is 13.7 Å². The van der Waals surface area contributed by atoms with Crippen LogP contribution in [-0.2, 0) is 23.3 Å². The van der Waals surface area contributed by atoms with Gasteiger partial charge in [0.25, 0.3) is 11.9 Å². The van der Waals surface area contributed by atoms with E-state index in [1.165, 1.54) is 13.8 Å². The average molecular weight is 249 g/mol. The van der Waals surface area contributed by atoms with E-state index in [0.29, 0.717) is 0 Å². The summed E-state index contributed by atoms with van der Waals surface area (Å²) in [7, 11) is -2.40. The normalized spacial score (nSPS) is 10.6. The Kier molecular flexibility index (Phi) is 7.78. The second-order valence-electron chi connectivity index (χ2n) is 3.06. The fraction of sp³-hybridized carbons (Fsp3) is 0.778. The molecule has 94 valence electrons. The number of nitrogens with zero attached hydrogens (tertiary/aromatic N) is 1. The summed E-state index contributed by atoms with van der Waals surface area (Å²) in [6.45, 7) is 7.88. The summed E-state index contributed by atoms with van der Waals surface area (Å²) in [5.41, 5.74) is 0. The molecule has 0 N–H and O–H groups in total. The van der Waals surface area contributed by atoms with Crippen LogP contribution in [0.15, 0.2) is 0 Å². The van der Waals surface area contributed by atoms with Gasteiger partial charge in [-0.05, 0) is 0 Å². The van der Waals surface area contributed by atoms with Gasteiger partial charge in [0.05, 0.1) is 0 Å². The van der Waals surface area contributed by atoms with Crippen LogP contribution in [0.3, 0.4) is 0 Å². The molecular formula is C9H19NO5Si. The van der Waals surface area contributed by atoms with E-state index in [-0.39, 0.29) is 6.23 Å². The van der Waals surface area contributed by atoms with Crippen LogP contribution in [0.2, 0.25) is 0 Å². The highest BCUT2D eigenvalue weighted by atomic mass is 28.3. The average Bonchev–Trinajstić information content (AvgIpc) is 2.17. The fourth-order valence-corrected chi connectivity index (χ4v) is 2.29. The highest BCUT2D eigenvalue weighted by Crippen LogP contribution is 1.96. The minimum absolute atomic E-state index is 0.140. The second-order valence-corrected chi connectivity index (χ2v) is 4.72. The maximum Gasteiger partial charge on any atom is 0.477 e. The summed E-state index contributed by atoms with van der Waals surface area (Å²) < 4.78 is 9.81. The number of rotatable bonds is 7. The van der Waals surface area contributed by atoms with Gasteiger partial charge in [0.1, 0.15) is 6.23 Å². The van der Waals surface area contributed by atoms with Crippen molar-refractivity contribution in [3.05, 3.63) is 0 Å². The smallest absolute Gasteiger partial charge is 0.477 e. The van der Waals surface area contributed by atoms with E-state index in [0.717, 1.165) is 13.1 Å². The van der Waals surface area contributed by atoms with Crippen molar-refractivity contribution < 1.29 is 23.3 Å². The zero-order valence-electron chi connectivity index (χ0n) is 10.2. The quantitative estimate of drug-likeness (QED) is 0.472. The first-order valence-corrected chi connectivity index (χ1v) is 6.97. The van der Waals surface area contributed by atoms with Gasteiger partial charge in [0, 0.05) is 26.9 Å². The van der Waals surface area contributed by atoms with E-state index in [9.17, 15) is 9.59 Å². The summed E-state index contributed by atoms with van der Waals surface area (Å²) in [4.78, 5) is 26.9. The Morgan fingerprint density at radius 2 is 1.50 bits per heavy atom. The van der Waals surface area contributed by atoms with Gasteiger partial charge >= 0.3 is 9.28 Å². The number of hydrogen-bond acceptors (Lipinski definition) is 6. The van der Waals surface area contributed by atoms with Gasteiger partial charge in [-0.25, -0.2) is 0 Å². The third kappa shape index (κ3) is 7.38. The molecule has 0 aliphatic carbocycles. The molecule has 0 amide bonds. The molecule has 6 nitrogen and oxygen atoms in total. The molecule has 0 saturated heterocycles. The minimum Gasteiger partial charge on any atom is -0.486 e. The summed E-state index contributed by atoms with van der Waals surface area (Å²) in [5.74, 6) is -0.915. The summed E-state index contributed by atoms with van der Waals surface area (Å²) in [6.07, 6.45) is 0.140. The zero-order valence-corrected chi connectivity index (χ0v) is 11.3. The number of carbonyl (C=O) groups is 2. The highest BCUT2D eigenvalue weighted by Gasteiger charge is 2.21. The van der Waals surface area contributed by atoms with Gasteiger partial charge in [-0.2, -0.15) is 5.06 Å². The number of carbonyl (C=O) groups excluding carboxylic acids is 2. The first-order chi connectivity index (χ1) is 7.49. The molecule has 0 unspecified atom stereocenters. The highest BCUT2D eigenvalue weighted by molar-refractivity contribution is 6.48. The Labute approximate surface area is 97.3 Å². The molecule has 0 radical (unpaired) electrons. The predicted octanol–water partition coefficient (Wildman–Crippen LogP) is 0.146. The van der Waals surface area contributed by atoms with Gasteiger partial charge < -0.3 is 8.85 Å². The van der Waals surface area contributed by atoms with Gasteiger partial charge in [-0.15, -0.1) is 0 Å². The molecule has 16 heavy (non-hydrogen) atoms. The van der Waals surface area contributed by atoms with E-state index in [1.807, 2.05) is 13.8 Å². The molecule has 0 aromatic heterocycles. The van der Waals surface area contributed by atoms with Gasteiger partial charge in [-0.1, -0.05) is 13.8 Å². The van der Waals surface area contributed by atoms with Crippen molar-refractivity contribution in [2.24, 2.45) is 0 Å². The van der Waals surface area contributed by atoms with Crippen LogP contribution >= 0.6 is 0 Å². The molecule has 0 aromatic rings. The second kappa shape index (κ2) is 8.25. The lowest BCUT2D eigenvalue weighted by atomic mass is 10.6. The third-order valence-electron chi connectivity index (χ3n) is 1.69. The van der Waals surface area contributed by atoms with E-state index < -0.39 is 21.2 Å². The lowest BCUT2D eigenvalue weighted by molar-refractivity contribution is -0.151.